The number of aryl methyl sites for hydroxylation is 1. The Bertz CT molecular complexity index is 1110. The van der Waals surface area contributed by atoms with E-state index in [1.807, 2.05) is 75.7 Å². The van der Waals surface area contributed by atoms with Crippen molar-refractivity contribution in [3.05, 3.63) is 65.5 Å². The molecule has 3 rings (SSSR count). The van der Waals surface area contributed by atoms with Crippen LogP contribution in [0.5, 0.6) is 5.75 Å². The minimum absolute atomic E-state index is 0.0955. The van der Waals surface area contributed by atoms with E-state index in [0.717, 1.165) is 11.3 Å². The van der Waals surface area contributed by atoms with Crippen molar-refractivity contribution < 1.29 is 14.3 Å². The summed E-state index contributed by atoms with van der Waals surface area (Å²) in [5.74, 6) is 1.37. The maximum Gasteiger partial charge on any atom is 0.251 e. The van der Waals surface area contributed by atoms with Crippen LogP contribution in [0.4, 0.5) is 5.69 Å². The SMILES string of the molecule is CCOc1ccc(NC(=O)CSc2nnc(C(NC(=O)c3ccc(C)cc3)C(C)C)n2C)cc1. The zero-order chi connectivity index (χ0) is 24.7. The highest BCUT2D eigenvalue weighted by Crippen LogP contribution is 2.25. The Morgan fingerprint density at radius 3 is 2.35 bits per heavy atom. The molecule has 1 unspecified atom stereocenters. The first kappa shape index (κ1) is 25.3. The lowest BCUT2D eigenvalue weighted by Crippen LogP contribution is -2.33. The molecule has 2 aromatic carbocycles. The van der Waals surface area contributed by atoms with Gasteiger partial charge in [-0.05, 0) is 56.2 Å². The molecular formula is C25H31N5O3S. The van der Waals surface area contributed by atoms with Crippen LogP contribution < -0.4 is 15.4 Å². The van der Waals surface area contributed by atoms with Gasteiger partial charge < -0.3 is 19.9 Å². The van der Waals surface area contributed by atoms with E-state index in [9.17, 15) is 9.59 Å². The highest BCUT2D eigenvalue weighted by atomic mass is 32.2. The number of rotatable bonds is 10. The summed E-state index contributed by atoms with van der Waals surface area (Å²) >= 11 is 1.29. The fourth-order valence-electron chi connectivity index (χ4n) is 3.31. The molecule has 1 aromatic heterocycles. The van der Waals surface area contributed by atoms with E-state index >= 15 is 0 Å². The Morgan fingerprint density at radius 1 is 1.06 bits per heavy atom. The summed E-state index contributed by atoms with van der Waals surface area (Å²) in [6.45, 7) is 8.54. The first-order chi connectivity index (χ1) is 16.3. The Hall–Kier alpha value is -3.33. The van der Waals surface area contributed by atoms with E-state index in [-0.39, 0.29) is 29.5 Å². The molecule has 1 atom stereocenters. The topological polar surface area (TPSA) is 98.1 Å². The number of anilines is 1. The van der Waals surface area contributed by atoms with Gasteiger partial charge in [-0.15, -0.1) is 10.2 Å². The molecule has 0 bridgehead atoms. The zero-order valence-corrected chi connectivity index (χ0v) is 21.0. The van der Waals surface area contributed by atoms with Crippen LogP contribution in [0.2, 0.25) is 0 Å². The minimum Gasteiger partial charge on any atom is -0.494 e. The predicted octanol–water partition coefficient (Wildman–Crippen LogP) is 4.38. The number of carbonyl (C=O) groups is 2. The maximum absolute atomic E-state index is 12.8. The van der Waals surface area contributed by atoms with E-state index in [1.54, 1.807) is 12.1 Å². The summed E-state index contributed by atoms with van der Waals surface area (Å²) in [4.78, 5) is 25.2. The molecule has 0 aliphatic carbocycles. The van der Waals surface area contributed by atoms with Gasteiger partial charge in [-0.25, -0.2) is 0 Å². The Labute approximate surface area is 204 Å². The Kier molecular flexibility index (Phi) is 8.70. The van der Waals surface area contributed by atoms with E-state index in [1.165, 1.54) is 11.8 Å². The van der Waals surface area contributed by atoms with Crippen LogP contribution in [-0.2, 0) is 11.8 Å². The van der Waals surface area contributed by atoms with Gasteiger partial charge in [-0.3, -0.25) is 9.59 Å². The highest BCUT2D eigenvalue weighted by Gasteiger charge is 2.25. The van der Waals surface area contributed by atoms with Gasteiger partial charge in [0.2, 0.25) is 5.91 Å². The first-order valence-corrected chi connectivity index (χ1v) is 12.2. The molecule has 8 nitrogen and oxygen atoms in total. The molecule has 34 heavy (non-hydrogen) atoms. The van der Waals surface area contributed by atoms with Crippen molar-refractivity contribution in [1.29, 1.82) is 0 Å². The summed E-state index contributed by atoms with van der Waals surface area (Å²) in [6, 6.07) is 14.4. The van der Waals surface area contributed by atoms with Gasteiger partial charge in [-0.2, -0.15) is 0 Å². The van der Waals surface area contributed by atoms with Gasteiger partial charge in [0.05, 0.1) is 18.4 Å². The van der Waals surface area contributed by atoms with Gasteiger partial charge in [0.25, 0.3) is 5.91 Å². The molecule has 0 aliphatic heterocycles. The Balaban J connectivity index is 1.62. The number of hydrogen-bond donors (Lipinski definition) is 2. The quantitative estimate of drug-likeness (QED) is 0.417. The number of nitrogens with zero attached hydrogens (tertiary/aromatic N) is 3. The van der Waals surface area contributed by atoms with Gasteiger partial charge in [-0.1, -0.05) is 43.3 Å². The molecule has 3 aromatic rings. The van der Waals surface area contributed by atoms with E-state index in [0.29, 0.717) is 28.8 Å². The van der Waals surface area contributed by atoms with Crippen LogP contribution in [0, 0.1) is 12.8 Å². The molecule has 0 fully saturated rings. The van der Waals surface area contributed by atoms with Crippen molar-refractivity contribution in [3.8, 4) is 5.75 Å². The average Bonchev–Trinajstić information content (AvgIpc) is 3.17. The van der Waals surface area contributed by atoms with Crippen molar-refractivity contribution in [2.45, 2.75) is 38.9 Å². The van der Waals surface area contributed by atoms with Crippen molar-refractivity contribution in [2.24, 2.45) is 13.0 Å². The second kappa shape index (κ2) is 11.7. The van der Waals surface area contributed by atoms with E-state index in [4.69, 9.17) is 4.74 Å². The van der Waals surface area contributed by atoms with Gasteiger partial charge in [0.15, 0.2) is 11.0 Å². The molecule has 2 N–H and O–H groups in total. The third-order valence-corrected chi connectivity index (χ3v) is 6.22. The molecule has 1 heterocycles. The maximum atomic E-state index is 12.8. The number of hydrogen-bond acceptors (Lipinski definition) is 6. The molecule has 0 saturated carbocycles. The lowest BCUT2D eigenvalue weighted by atomic mass is 10.0. The number of benzene rings is 2. The van der Waals surface area contributed by atoms with Crippen LogP contribution in [0.3, 0.4) is 0 Å². The van der Waals surface area contributed by atoms with Crippen molar-refractivity contribution in [3.63, 3.8) is 0 Å². The number of nitrogens with one attached hydrogen (secondary N) is 2. The smallest absolute Gasteiger partial charge is 0.251 e. The molecule has 180 valence electrons. The highest BCUT2D eigenvalue weighted by molar-refractivity contribution is 7.99. The number of amides is 2. The summed E-state index contributed by atoms with van der Waals surface area (Å²) < 4.78 is 7.24. The third kappa shape index (κ3) is 6.60. The molecule has 9 heteroatoms. The second-order valence-corrected chi connectivity index (χ2v) is 9.20. The van der Waals surface area contributed by atoms with Crippen LogP contribution in [0.1, 0.15) is 48.6 Å². The summed E-state index contributed by atoms with van der Waals surface area (Å²) in [5.41, 5.74) is 2.39. The zero-order valence-electron chi connectivity index (χ0n) is 20.2. The Morgan fingerprint density at radius 2 is 1.74 bits per heavy atom. The predicted molar refractivity (Wildman–Crippen MR) is 134 cm³/mol. The summed E-state index contributed by atoms with van der Waals surface area (Å²) in [7, 11) is 1.84. The molecule has 0 radical (unpaired) electrons. The number of carbonyl (C=O) groups excluding carboxylic acids is 2. The van der Waals surface area contributed by atoms with Gasteiger partial charge in [0, 0.05) is 18.3 Å². The molecule has 0 aliphatic rings. The lowest BCUT2D eigenvalue weighted by Gasteiger charge is -2.21. The molecular weight excluding hydrogens is 450 g/mol. The average molecular weight is 482 g/mol. The summed E-state index contributed by atoms with van der Waals surface area (Å²) in [5, 5.41) is 15.1. The van der Waals surface area contributed by atoms with Crippen LogP contribution in [-0.4, -0.2) is 38.9 Å². The second-order valence-electron chi connectivity index (χ2n) is 8.26. The van der Waals surface area contributed by atoms with Crippen molar-refractivity contribution in [2.75, 3.05) is 17.7 Å². The number of aromatic nitrogens is 3. The number of ether oxygens (including phenoxy) is 1. The standard InChI is InChI=1S/C25H31N5O3S/c1-6-33-20-13-11-19(12-14-20)26-21(31)15-34-25-29-28-23(30(25)5)22(16(2)3)27-24(32)18-9-7-17(4)8-10-18/h7-14,16,22H,6,15H2,1-5H3,(H,26,31)(H,27,32). The largest absolute Gasteiger partial charge is 0.494 e. The molecule has 2 amide bonds. The van der Waals surface area contributed by atoms with Crippen LogP contribution >= 0.6 is 11.8 Å². The van der Waals surface area contributed by atoms with Gasteiger partial charge in [0.1, 0.15) is 5.75 Å². The van der Waals surface area contributed by atoms with E-state index < -0.39 is 0 Å². The van der Waals surface area contributed by atoms with E-state index in [2.05, 4.69) is 20.8 Å². The fraction of sp³-hybridized carbons (Fsp3) is 0.360. The van der Waals surface area contributed by atoms with Crippen LogP contribution in [0.25, 0.3) is 0 Å². The monoisotopic (exact) mass is 481 g/mol. The van der Waals surface area contributed by atoms with Crippen LogP contribution in [0.15, 0.2) is 53.7 Å². The first-order valence-electron chi connectivity index (χ1n) is 11.2. The normalized spacial score (nSPS) is 11.8. The third-order valence-electron chi connectivity index (χ3n) is 5.20. The molecule has 0 spiro atoms. The minimum atomic E-state index is -0.321. The van der Waals surface area contributed by atoms with Crippen molar-refractivity contribution >= 4 is 29.3 Å². The summed E-state index contributed by atoms with van der Waals surface area (Å²) in [6.07, 6.45) is 0. The van der Waals surface area contributed by atoms with Gasteiger partial charge >= 0.3 is 0 Å². The fourth-order valence-corrected chi connectivity index (χ4v) is 4.03. The number of thioether (sulfide) groups is 1. The molecule has 0 saturated heterocycles. The lowest BCUT2D eigenvalue weighted by molar-refractivity contribution is -0.113. The van der Waals surface area contributed by atoms with Crippen molar-refractivity contribution in [1.82, 2.24) is 20.1 Å².